The molecular weight excluding hydrogens is 318 g/mol. The van der Waals surface area contributed by atoms with Gasteiger partial charge in [-0.2, -0.15) is 5.10 Å². The Bertz CT molecular complexity index is 791. The summed E-state index contributed by atoms with van der Waals surface area (Å²) in [6.45, 7) is 1.99. The number of hydrogen-bond acceptors (Lipinski definition) is 3. The third kappa shape index (κ3) is 3.15. The lowest BCUT2D eigenvalue weighted by Gasteiger charge is -2.11. The third-order valence-corrected chi connectivity index (χ3v) is 5.07. The molecule has 0 bridgehead atoms. The molecule has 0 fully saturated rings. The first-order valence-corrected chi connectivity index (χ1v) is 8.18. The Morgan fingerprint density at radius 3 is 2.91 bits per heavy atom. The van der Waals surface area contributed by atoms with E-state index < -0.39 is 0 Å². The summed E-state index contributed by atoms with van der Waals surface area (Å²) in [6, 6.07) is 10.3. The smallest absolute Gasteiger partial charge is 0.225 e. The zero-order chi connectivity index (χ0) is 15.7. The van der Waals surface area contributed by atoms with Gasteiger partial charge >= 0.3 is 0 Å². The van der Waals surface area contributed by atoms with Crippen molar-refractivity contribution >= 4 is 38.9 Å². The predicted molar refractivity (Wildman–Crippen MR) is 90.3 cm³/mol. The van der Waals surface area contributed by atoms with Crippen molar-refractivity contribution in [1.29, 1.82) is 0 Å². The van der Waals surface area contributed by atoms with Crippen LogP contribution in [0.25, 0.3) is 10.1 Å². The van der Waals surface area contributed by atoms with Crippen LogP contribution in [0.4, 0.5) is 0 Å². The standard InChI is InChI=1S/C16H16ClN3OS/c1-10(14-7-11-5-3-4-6-13(11)22-14)18-15(21)8-12-9-20(2)19-16(12)17/h3-7,9-10H,8H2,1-2H3,(H,18,21). The van der Waals surface area contributed by atoms with Crippen molar-refractivity contribution in [3.63, 3.8) is 0 Å². The van der Waals surface area contributed by atoms with Gasteiger partial charge in [0.05, 0.1) is 12.5 Å². The maximum atomic E-state index is 12.2. The van der Waals surface area contributed by atoms with E-state index in [0.29, 0.717) is 5.15 Å². The number of hydrogen-bond donors (Lipinski definition) is 1. The van der Waals surface area contributed by atoms with Crippen molar-refractivity contribution in [2.24, 2.45) is 7.05 Å². The average Bonchev–Trinajstić information content (AvgIpc) is 3.02. The van der Waals surface area contributed by atoms with Crippen molar-refractivity contribution < 1.29 is 4.79 Å². The molecule has 1 unspecified atom stereocenters. The van der Waals surface area contributed by atoms with Gasteiger partial charge in [-0.15, -0.1) is 11.3 Å². The Morgan fingerprint density at radius 2 is 2.23 bits per heavy atom. The molecule has 22 heavy (non-hydrogen) atoms. The van der Waals surface area contributed by atoms with Crippen LogP contribution in [0.3, 0.4) is 0 Å². The second-order valence-electron chi connectivity index (χ2n) is 5.27. The molecule has 1 aromatic carbocycles. The summed E-state index contributed by atoms with van der Waals surface area (Å²) in [5.74, 6) is -0.0557. The van der Waals surface area contributed by atoms with E-state index in [1.165, 1.54) is 10.1 Å². The molecule has 0 aliphatic heterocycles. The fraction of sp³-hybridized carbons (Fsp3) is 0.250. The third-order valence-electron chi connectivity index (χ3n) is 3.45. The summed E-state index contributed by atoms with van der Waals surface area (Å²) >= 11 is 7.69. The summed E-state index contributed by atoms with van der Waals surface area (Å²) in [4.78, 5) is 13.3. The van der Waals surface area contributed by atoms with Gasteiger partial charge in [-0.25, -0.2) is 0 Å². The highest BCUT2D eigenvalue weighted by molar-refractivity contribution is 7.19. The highest BCUT2D eigenvalue weighted by Crippen LogP contribution is 2.29. The van der Waals surface area contributed by atoms with E-state index in [9.17, 15) is 4.79 Å². The maximum absolute atomic E-state index is 12.2. The SMILES string of the molecule is CC(NC(=O)Cc1cn(C)nc1Cl)c1cc2ccccc2s1. The van der Waals surface area contributed by atoms with Crippen LogP contribution in [-0.2, 0) is 18.3 Å². The van der Waals surface area contributed by atoms with Crippen LogP contribution in [0.2, 0.25) is 5.15 Å². The van der Waals surface area contributed by atoms with E-state index in [-0.39, 0.29) is 18.4 Å². The number of amides is 1. The Hall–Kier alpha value is -1.85. The summed E-state index contributed by atoms with van der Waals surface area (Å²) in [5, 5.41) is 8.64. The molecule has 2 aromatic heterocycles. The number of carbonyl (C=O) groups is 1. The number of fused-ring (bicyclic) bond motifs is 1. The second kappa shape index (κ2) is 6.10. The molecule has 0 saturated carbocycles. The van der Waals surface area contributed by atoms with Gasteiger partial charge in [0, 0.05) is 28.4 Å². The minimum Gasteiger partial charge on any atom is -0.348 e. The number of aryl methyl sites for hydroxylation is 1. The van der Waals surface area contributed by atoms with E-state index in [1.54, 1.807) is 29.3 Å². The number of aromatic nitrogens is 2. The maximum Gasteiger partial charge on any atom is 0.225 e. The Labute approximate surface area is 137 Å². The molecule has 4 nitrogen and oxygen atoms in total. The molecular formula is C16H16ClN3OS. The van der Waals surface area contributed by atoms with Gasteiger partial charge in [-0.05, 0) is 24.4 Å². The van der Waals surface area contributed by atoms with Crippen molar-refractivity contribution in [2.45, 2.75) is 19.4 Å². The lowest BCUT2D eigenvalue weighted by atomic mass is 10.2. The first-order valence-electron chi connectivity index (χ1n) is 6.99. The van der Waals surface area contributed by atoms with Crippen LogP contribution < -0.4 is 5.32 Å². The predicted octanol–water partition coefficient (Wildman–Crippen LogP) is 3.71. The Morgan fingerprint density at radius 1 is 1.45 bits per heavy atom. The number of thiophene rings is 1. The zero-order valence-corrected chi connectivity index (χ0v) is 13.9. The van der Waals surface area contributed by atoms with E-state index in [2.05, 4.69) is 28.6 Å². The van der Waals surface area contributed by atoms with Gasteiger partial charge in [0.25, 0.3) is 0 Å². The van der Waals surface area contributed by atoms with Crippen LogP contribution in [0.5, 0.6) is 0 Å². The minimum absolute atomic E-state index is 0.0275. The van der Waals surface area contributed by atoms with Crippen LogP contribution in [0.1, 0.15) is 23.4 Å². The lowest BCUT2D eigenvalue weighted by molar-refractivity contribution is -0.121. The van der Waals surface area contributed by atoms with E-state index >= 15 is 0 Å². The normalized spacial score (nSPS) is 12.5. The summed E-state index contributed by atoms with van der Waals surface area (Å²) in [5.41, 5.74) is 0.741. The summed E-state index contributed by atoms with van der Waals surface area (Å²) in [6.07, 6.45) is 2.01. The molecule has 114 valence electrons. The Balaban J connectivity index is 1.69. The number of benzene rings is 1. The van der Waals surface area contributed by atoms with Gasteiger partial charge < -0.3 is 5.32 Å². The van der Waals surface area contributed by atoms with Crippen molar-refractivity contribution in [3.8, 4) is 0 Å². The molecule has 3 rings (SSSR count). The molecule has 3 aromatic rings. The van der Waals surface area contributed by atoms with E-state index in [1.807, 2.05) is 19.1 Å². The molecule has 1 N–H and O–H groups in total. The number of nitrogens with zero attached hydrogens (tertiary/aromatic N) is 2. The number of nitrogens with one attached hydrogen (secondary N) is 1. The van der Waals surface area contributed by atoms with Crippen LogP contribution >= 0.6 is 22.9 Å². The molecule has 2 heterocycles. The van der Waals surface area contributed by atoms with Gasteiger partial charge in [-0.1, -0.05) is 29.8 Å². The largest absolute Gasteiger partial charge is 0.348 e. The molecule has 1 atom stereocenters. The van der Waals surface area contributed by atoms with E-state index in [0.717, 1.165) is 10.4 Å². The van der Waals surface area contributed by atoms with Crippen molar-refractivity contribution in [3.05, 3.63) is 52.1 Å². The van der Waals surface area contributed by atoms with Crippen molar-refractivity contribution in [2.75, 3.05) is 0 Å². The van der Waals surface area contributed by atoms with Gasteiger partial charge in [0.2, 0.25) is 5.91 Å². The molecule has 6 heteroatoms. The quantitative estimate of drug-likeness (QED) is 0.791. The minimum atomic E-state index is -0.0557. The number of carbonyl (C=O) groups excluding carboxylic acids is 1. The zero-order valence-electron chi connectivity index (χ0n) is 12.3. The topological polar surface area (TPSA) is 46.9 Å². The molecule has 0 spiro atoms. The van der Waals surface area contributed by atoms with Gasteiger partial charge in [0.1, 0.15) is 0 Å². The first-order chi connectivity index (χ1) is 10.5. The fourth-order valence-electron chi connectivity index (χ4n) is 2.38. The van der Waals surface area contributed by atoms with Gasteiger partial charge in [-0.3, -0.25) is 9.48 Å². The lowest BCUT2D eigenvalue weighted by Crippen LogP contribution is -2.27. The van der Waals surface area contributed by atoms with Crippen LogP contribution in [0.15, 0.2) is 36.5 Å². The molecule has 0 aliphatic carbocycles. The molecule has 0 saturated heterocycles. The molecule has 0 radical (unpaired) electrons. The van der Waals surface area contributed by atoms with E-state index in [4.69, 9.17) is 11.6 Å². The monoisotopic (exact) mass is 333 g/mol. The number of halogens is 1. The highest BCUT2D eigenvalue weighted by atomic mass is 35.5. The fourth-order valence-corrected chi connectivity index (χ4v) is 3.68. The second-order valence-corrected chi connectivity index (χ2v) is 6.74. The Kier molecular flexibility index (Phi) is 4.18. The van der Waals surface area contributed by atoms with Gasteiger partial charge in [0.15, 0.2) is 5.15 Å². The summed E-state index contributed by atoms with van der Waals surface area (Å²) < 4.78 is 2.84. The van der Waals surface area contributed by atoms with Crippen molar-refractivity contribution in [1.82, 2.24) is 15.1 Å². The highest BCUT2D eigenvalue weighted by Gasteiger charge is 2.15. The first kappa shape index (κ1) is 15.1. The van der Waals surface area contributed by atoms with Crippen LogP contribution in [-0.4, -0.2) is 15.7 Å². The number of rotatable bonds is 4. The van der Waals surface area contributed by atoms with Crippen LogP contribution in [0, 0.1) is 0 Å². The molecule has 0 aliphatic rings. The average molecular weight is 334 g/mol. The summed E-state index contributed by atoms with van der Waals surface area (Å²) in [7, 11) is 1.78. The molecule has 1 amide bonds.